The maximum Gasteiger partial charge on any atom is 0.157 e. The fraction of sp³-hybridized carbons (Fsp3) is 1.00. The molecule has 0 bridgehead atoms. The molecule has 2 nitrogen and oxygen atoms in total. The van der Waals surface area contributed by atoms with Gasteiger partial charge in [0.1, 0.15) is 0 Å². The van der Waals surface area contributed by atoms with Gasteiger partial charge in [0.25, 0.3) is 0 Å². The molecule has 19 heavy (non-hydrogen) atoms. The van der Waals surface area contributed by atoms with Gasteiger partial charge >= 0.3 is 0 Å². The minimum atomic E-state index is 0.0710. The quantitative estimate of drug-likeness (QED) is 0.646. The molecule has 0 spiro atoms. The summed E-state index contributed by atoms with van der Waals surface area (Å²) in [5.74, 6) is 2.77. The van der Waals surface area contributed by atoms with E-state index in [1.807, 2.05) is 0 Å². The van der Waals surface area contributed by atoms with Crippen molar-refractivity contribution < 1.29 is 9.47 Å². The number of rotatable bonds is 6. The first-order valence-corrected chi connectivity index (χ1v) is 8.47. The van der Waals surface area contributed by atoms with E-state index in [2.05, 4.69) is 6.92 Å². The summed E-state index contributed by atoms with van der Waals surface area (Å²) in [5, 5.41) is 0. The highest BCUT2D eigenvalue weighted by atomic mass is 16.7. The van der Waals surface area contributed by atoms with Crippen molar-refractivity contribution in [3.8, 4) is 0 Å². The molecule has 2 unspecified atom stereocenters. The SMILES string of the molecule is CCCCCC1CCC(C2CCC(OC)OC2)CC1. The Morgan fingerprint density at radius 1 is 0.947 bits per heavy atom. The first-order chi connectivity index (χ1) is 9.33. The second kappa shape index (κ2) is 8.26. The highest BCUT2D eigenvalue weighted by molar-refractivity contribution is 4.80. The van der Waals surface area contributed by atoms with Gasteiger partial charge in [0, 0.05) is 7.11 Å². The van der Waals surface area contributed by atoms with Crippen LogP contribution in [-0.4, -0.2) is 20.0 Å². The van der Waals surface area contributed by atoms with Crippen LogP contribution in [0.2, 0.25) is 0 Å². The summed E-state index contributed by atoms with van der Waals surface area (Å²) < 4.78 is 11.1. The standard InChI is InChI=1S/C17H32O2/c1-3-4-5-6-14-7-9-15(10-8-14)16-11-12-17(18-2)19-13-16/h14-17H,3-13H2,1-2H3. The molecule has 1 saturated carbocycles. The average Bonchev–Trinajstić information content (AvgIpc) is 2.48. The summed E-state index contributed by atoms with van der Waals surface area (Å²) in [5.41, 5.74) is 0. The molecule has 1 saturated heterocycles. The minimum absolute atomic E-state index is 0.0710. The second-order valence-electron chi connectivity index (χ2n) is 6.61. The van der Waals surface area contributed by atoms with Crippen molar-refractivity contribution in [1.29, 1.82) is 0 Å². The summed E-state index contributed by atoms with van der Waals surface area (Å²) in [6.45, 7) is 3.23. The number of methoxy groups -OCH3 is 1. The average molecular weight is 268 g/mol. The number of ether oxygens (including phenoxy) is 2. The zero-order valence-corrected chi connectivity index (χ0v) is 12.9. The topological polar surface area (TPSA) is 18.5 Å². The van der Waals surface area contributed by atoms with Crippen molar-refractivity contribution in [2.24, 2.45) is 17.8 Å². The van der Waals surface area contributed by atoms with Crippen LogP contribution in [0.15, 0.2) is 0 Å². The normalized spacial score (nSPS) is 36.3. The van der Waals surface area contributed by atoms with Gasteiger partial charge in [-0.25, -0.2) is 0 Å². The molecule has 0 aromatic carbocycles. The fourth-order valence-corrected chi connectivity index (χ4v) is 3.94. The van der Waals surface area contributed by atoms with Crippen LogP contribution in [-0.2, 0) is 9.47 Å². The van der Waals surface area contributed by atoms with E-state index in [1.54, 1.807) is 7.11 Å². The first kappa shape index (κ1) is 15.3. The van der Waals surface area contributed by atoms with Crippen LogP contribution in [0.1, 0.15) is 71.1 Å². The highest BCUT2D eigenvalue weighted by Gasteiger charge is 2.31. The third kappa shape index (κ3) is 4.75. The van der Waals surface area contributed by atoms with Crippen LogP contribution in [0.3, 0.4) is 0 Å². The highest BCUT2D eigenvalue weighted by Crippen LogP contribution is 2.39. The predicted molar refractivity (Wildman–Crippen MR) is 79.1 cm³/mol. The van der Waals surface area contributed by atoms with E-state index in [-0.39, 0.29) is 6.29 Å². The largest absolute Gasteiger partial charge is 0.356 e. The Morgan fingerprint density at radius 2 is 1.68 bits per heavy atom. The maximum atomic E-state index is 5.78. The van der Waals surface area contributed by atoms with Gasteiger partial charge in [-0.2, -0.15) is 0 Å². The van der Waals surface area contributed by atoms with Crippen molar-refractivity contribution in [3.05, 3.63) is 0 Å². The van der Waals surface area contributed by atoms with E-state index >= 15 is 0 Å². The number of unbranched alkanes of at least 4 members (excludes halogenated alkanes) is 2. The summed E-state index contributed by atoms with van der Waals surface area (Å²) in [6, 6.07) is 0. The maximum absolute atomic E-state index is 5.78. The predicted octanol–water partition coefficient (Wildman–Crippen LogP) is 4.77. The molecule has 2 heteroatoms. The fourth-order valence-electron chi connectivity index (χ4n) is 3.94. The van der Waals surface area contributed by atoms with E-state index in [4.69, 9.17) is 9.47 Å². The third-order valence-corrected chi connectivity index (χ3v) is 5.31. The summed E-state index contributed by atoms with van der Waals surface area (Å²) in [7, 11) is 1.76. The van der Waals surface area contributed by atoms with Gasteiger partial charge in [0.2, 0.25) is 0 Å². The molecule has 2 aliphatic rings. The Morgan fingerprint density at radius 3 is 2.26 bits per heavy atom. The molecule has 0 N–H and O–H groups in total. The van der Waals surface area contributed by atoms with Crippen LogP contribution in [0, 0.1) is 17.8 Å². The van der Waals surface area contributed by atoms with E-state index in [9.17, 15) is 0 Å². The molecule has 0 aromatic rings. The first-order valence-electron chi connectivity index (χ1n) is 8.47. The monoisotopic (exact) mass is 268 g/mol. The van der Waals surface area contributed by atoms with E-state index < -0.39 is 0 Å². The van der Waals surface area contributed by atoms with Gasteiger partial charge < -0.3 is 9.47 Å². The van der Waals surface area contributed by atoms with Crippen molar-refractivity contribution in [3.63, 3.8) is 0 Å². The Kier molecular flexibility index (Phi) is 6.66. The molecule has 0 radical (unpaired) electrons. The van der Waals surface area contributed by atoms with Crippen molar-refractivity contribution in [1.82, 2.24) is 0 Å². The lowest BCUT2D eigenvalue weighted by Gasteiger charge is -2.37. The van der Waals surface area contributed by atoms with Gasteiger partial charge in [-0.1, -0.05) is 45.4 Å². The van der Waals surface area contributed by atoms with E-state index in [0.29, 0.717) is 0 Å². The molecule has 2 fully saturated rings. The molecule has 2 atom stereocenters. The molecule has 0 amide bonds. The Bertz CT molecular complexity index is 225. The molecule has 0 aromatic heterocycles. The van der Waals surface area contributed by atoms with Gasteiger partial charge in [0.05, 0.1) is 6.61 Å². The zero-order valence-electron chi connectivity index (χ0n) is 12.9. The molecule has 2 rings (SSSR count). The Balaban J connectivity index is 1.63. The van der Waals surface area contributed by atoms with Crippen LogP contribution < -0.4 is 0 Å². The number of hydrogen-bond acceptors (Lipinski definition) is 2. The lowest BCUT2D eigenvalue weighted by molar-refractivity contribution is -0.167. The summed E-state index contributed by atoms with van der Waals surface area (Å²) >= 11 is 0. The lowest BCUT2D eigenvalue weighted by atomic mass is 9.73. The van der Waals surface area contributed by atoms with Crippen molar-refractivity contribution in [2.75, 3.05) is 13.7 Å². The molecule has 1 aliphatic carbocycles. The molecular formula is C17H32O2. The van der Waals surface area contributed by atoms with E-state index in [1.165, 1.54) is 57.8 Å². The van der Waals surface area contributed by atoms with Crippen LogP contribution >= 0.6 is 0 Å². The third-order valence-electron chi connectivity index (χ3n) is 5.31. The molecular weight excluding hydrogens is 236 g/mol. The van der Waals surface area contributed by atoms with Gasteiger partial charge in [-0.15, -0.1) is 0 Å². The Hall–Kier alpha value is -0.0800. The summed E-state index contributed by atoms with van der Waals surface area (Å²) in [4.78, 5) is 0. The van der Waals surface area contributed by atoms with Crippen molar-refractivity contribution in [2.45, 2.75) is 77.4 Å². The smallest absolute Gasteiger partial charge is 0.157 e. The molecule has 112 valence electrons. The second-order valence-corrected chi connectivity index (χ2v) is 6.61. The van der Waals surface area contributed by atoms with Crippen LogP contribution in [0.25, 0.3) is 0 Å². The van der Waals surface area contributed by atoms with Crippen molar-refractivity contribution >= 4 is 0 Å². The van der Waals surface area contributed by atoms with Gasteiger partial charge in [0.15, 0.2) is 6.29 Å². The van der Waals surface area contributed by atoms with Crippen LogP contribution in [0.5, 0.6) is 0 Å². The van der Waals surface area contributed by atoms with Crippen LogP contribution in [0.4, 0.5) is 0 Å². The van der Waals surface area contributed by atoms with Gasteiger partial charge in [-0.3, -0.25) is 0 Å². The van der Waals surface area contributed by atoms with Gasteiger partial charge in [-0.05, 0) is 43.4 Å². The lowest BCUT2D eigenvalue weighted by Crippen LogP contribution is -2.33. The minimum Gasteiger partial charge on any atom is -0.356 e. The molecule has 1 heterocycles. The van der Waals surface area contributed by atoms with E-state index in [0.717, 1.165) is 30.8 Å². The summed E-state index contributed by atoms with van der Waals surface area (Å²) in [6.07, 6.45) is 14.0. The number of hydrogen-bond donors (Lipinski definition) is 0. The Labute approximate surface area is 119 Å². The molecule has 1 aliphatic heterocycles. The zero-order chi connectivity index (χ0) is 13.5.